The van der Waals surface area contributed by atoms with E-state index in [9.17, 15) is 13.2 Å². The van der Waals surface area contributed by atoms with Gasteiger partial charge in [-0.1, -0.05) is 38.8 Å². The van der Waals surface area contributed by atoms with Gasteiger partial charge in [-0.25, -0.2) is 0 Å². The summed E-state index contributed by atoms with van der Waals surface area (Å²) < 4.78 is 41.1. The fraction of sp³-hybridized carbons (Fsp3) is 0.600. The van der Waals surface area contributed by atoms with Gasteiger partial charge in [-0.3, -0.25) is 0 Å². The minimum atomic E-state index is -4.27. The second-order valence-corrected chi connectivity index (χ2v) is 8.11. The van der Waals surface area contributed by atoms with E-state index in [1.807, 2.05) is 12.1 Å². The maximum atomic E-state index is 13.6. The predicted molar refractivity (Wildman–Crippen MR) is 95.8 cm³/mol. The van der Waals surface area contributed by atoms with Crippen LogP contribution in [0.25, 0.3) is 10.1 Å². The monoisotopic (exact) mass is 354 g/mol. The summed E-state index contributed by atoms with van der Waals surface area (Å²) in [7, 11) is 0. The van der Waals surface area contributed by atoms with Gasteiger partial charge in [0.15, 0.2) is 0 Å². The summed E-state index contributed by atoms with van der Waals surface area (Å²) in [6, 6.07) is 5.53. The Hall–Kier alpha value is -1.03. The molecule has 4 heteroatoms. The third-order valence-corrected chi connectivity index (χ3v) is 6.73. The molecule has 1 fully saturated rings. The Bertz CT molecular complexity index is 691. The van der Waals surface area contributed by atoms with E-state index in [4.69, 9.17) is 0 Å². The molecule has 0 atom stereocenters. The molecule has 0 bridgehead atoms. The molecule has 1 aromatic carbocycles. The zero-order valence-corrected chi connectivity index (χ0v) is 15.2. The first-order valence-electron chi connectivity index (χ1n) is 9.06. The Morgan fingerprint density at radius 2 is 1.79 bits per heavy atom. The molecular formula is C20H25F3S. The molecule has 1 heterocycles. The van der Waals surface area contributed by atoms with E-state index >= 15 is 0 Å². The largest absolute Gasteiger partial charge is 0.418 e. The van der Waals surface area contributed by atoms with Crippen molar-refractivity contribution in [2.75, 3.05) is 0 Å². The summed E-state index contributed by atoms with van der Waals surface area (Å²) in [4.78, 5) is 1.15. The van der Waals surface area contributed by atoms with E-state index in [2.05, 4.69) is 6.92 Å². The number of hydrogen-bond acceptors (Lipinski definition) is 1. The lowest BCUT2D eigenvalue weighted by molar-refractivity contribution is -0.136. The zero-order chi connectivity index (χ0) is 17.3. The number of thiophene rings is 1. The maximum Gasteiger partial charge on any atom is 0.418 e. The van der Waals surface area contributed by atoms with Gasteiger partial charge in [0.1, 0.15) is 0 Å². The minimum Gasteiger partial charge on any atom is -0.166 e. The fourth-order valence-corrected chi connectivity index (χ4v) is 5.53. The number of alkyl halides is 3. The van der Waals surface area contributed by atoms with Gasteiger partial charge in [0.05, 0.1) is 5.56 Å². The van der Waals surface area contributed by atoms with Crippen molar-refractivity contribution in [2.45, 2.75) is 70.9 Å². The highest BCUT2D eigenvalue weighted by Crippen LogP contribution is 2.46. The second-order valence-electron chi connectivity index (χ2n) is 7.02. The number of hydrogen-bond donors (Lipinski definition) is 0. The molecule has 0 unspecified atom stereocenters. The van der Waals surface area contributed by atoms with Crippen LogP contribution in [0.4, 0.5) is 13.2 Å². The van der Waals surface area contributed by atoms with Crippen molar-refractivity contribution >= 4 is 21.4 Å². The number of fused-ring (bicyclic) bond motifs is 1. The van der Waals surface area contributed by atoms with Crippen LogP contribution in [0.5, 0.6) is 0 Å². The molecule has 1 aliphatic carbocycles. The van der Waals surface area contributed by atoms with Gasteiger partial charge in [0.25, 0.3) is 0 Å². The van der Waals surface area contributed by atoms with Crippen LogP contribution < -0.4 is 0 Å². The Labute approximate surface area is 146 Å². The lowest BCUT2D eigenvalue weighted by atomic mass is 9.79. The fourth-order valence-electron chi connectivity index (χ4n) is 4.11. The molecule has 2 aromatic rings. The molecule has 3 rings (SSSR count). The van der Waals surface area contributed by atoms with Gasteiger partial charge >= 0.3 is 6.18 Å². The normalized spacial score (nSPS) is 22.2. The van der Waals surface area contributed by atoms with Gasteiger partial charge in [-0.2, -0.15) is 13.2 Å². The molecule has 0 amide bonds. The van der Waals surface area contributed by atoms with Gasteiger partial charge in [-0.15, -0.1) is 11.3 Å². The lowest BCUT2D eigenvalue weighted by Crippen LogP contribution is -2.12. The van der Waals surface area contributed by atoms with Crippen LogP contribution in [-0.4, -0.2) is 0 Å². The van der Waals surface area contributed by atoms with E-state index in [0.717, 1.165) is 29.0 Å². The Balaban J connectivity index is 1.92. The van der Waals surface area contributed by atoms with E-state index in [1.165, 1.54) is 37.0 Å². The van der Waals surface area contributed by atoms with Gasteiger partial charge in [-0.05, 0) is 61.0 Å². The van der Waals surface area contributed by atoms with Crippen LogP contribution in [-0.2, 0) is 12.6 Å². The molecule has 0 radical (unpaired) electrons. The summed E-state index contributed by atoms with van der Waals surface area (Å²) in [6.45, 7) is 4.02. The molecule has 1 saturated carbocycles. The smallest absolute Gasteiger partial charge is 0.166 e. The summed E-state index contributed by atoms with van der Waals surface area (Å²) in [5.41, 5.74) is 0.00785. The standard InChI is InChI=1S/C20H25F3S/c1-3-5-13-6-8-15(9-7-13)17-12-16-11-10-14(4-2)18(19(16)24-17)20(21,22)23/h10-13,15H,3-9H2,1-2H3. The third-order valence-electron chi connectivity index (χ3n) is 5.40. The highest BCUT2D eigenvalue weighted by molar-refractivity contribution is 7.19. The van der Waals surface area contributed by atoms with Crippen molar-refractivity contribution in [1.82, 2.24) is 0 Å². The molecule has 0 aliphatic heterocycles. The first-order valence-corrected chi connectivity index (χ1v) is 9.88. The second kappa shape index (κ2) is 7.07. The van der Waals surface area contributed by atoms with Crippen LogP contribution in [0.1, 0.15) is 74.3 Å². The third kappa shape index (κ3) is 3.49. The summed E-state index contributed by atoms with van der Waals surface area (Å²) >= 11 is 1.38. The molecule has 132 valence electrons. The van der Waals surface area contributed by atoms with Crippen molar-refractivity contribution in [2.24, 2.45) is 5.92 Å². The van der Waals surface area contributed by atoms with E-state index in [-0.39, 0.29) is 0 Å². The van der Waals surface area contributed by atoms with E-state index in [0.29, 0.717) is 22.6 Å². The summed E-state index contributed by atoms with van der Waals surface area (Å²) in [5.74, 6) is 1.26. The maximum absolute atomic E-state index is 13.6. The highest BCUT2D eigenvalue weighted by Gasteiger charge is 2.36. The average Bonchev–Trinajstić information content (AvgIpc) is 2.97. The van der Waals surface area contributed by atoms with E-state index < -0.39 is 11.7 Å². The highest BCUT2D eigenvalue weighted by atomic mass is 32.1. The molecule has 0 nitrogen and oxygen atoms in total. The van der Waals surface area contributed by atoms with E-state index in [1.54, 1.807) is 13.0 Å². The zero-order valence-electron chi connectivity index (χ0n) is 14.4. The van der Waals surface area contributed by atoms with Gasteiger partial charge in [0, 0.05) is 9.58 Å². The van der Waals surface area contributed by atoms with Crippen LogP contribution >= 0.6 is 11.3 Å². The average molecular weight is 354 g/mol. The van der Waals surface area contributed by atoms with Crippen molar-refractivity contribution in [3.63, 3.8) is 0 Å². The molecule has 0 spiro atoms. The van der Waals surface area contributed by atoms with Crippen molar-refractivity contribution in [3.05, 3.63) is 34.2 Å². The van der Waals surface area contributed by atoms with Crippen molar-refractivity contribution in [1.29, 1.82) is 0 Å². The summed E-state index contributed by atoms with van der Waals surface area (Å²) in [5, 5.41) is 0.759. The molecule has 1 aliphatic rings. The predicted octanol–water partition coefficient (Wildman–Crippen LogP) is 7.56. The number of benzene rings is 1. The number of halogens is 3. The van der Waals surface area contributed by atoms with Gasteiger partial charge in [0.2, 0.25) is 0 Å². The molecule has 0 N–H and O–H groups in total. The van der Waals surface area contributed by atoms with Crippen LogP contribution in [0, 0.1) is 5.92 Å². The Morgan fingerprint density at radius 3 is 2.38 bits per heavy atom. The van der Waals surface area contributed by atoms with Crippen LogP contribution in [0.3, 0.4) is 0 Å². The lowest BCUT2D eigenvalue weighted by Gasteiger charge is -2.27. The minimum absolute atomic E-state index is 0.404. The summed E-state index contributed by atoms with van der Waals surface area (Å²) in [6.07, 6.45) is 3.35. The number of rotatable bonds is 4. The Morgan fingerprint density at radius 1 is 1.08 bits per heavy atom. The molecule has 1 aromatic heterocycles. The molecular weight excluding hydrogens is 329 g/mol. The first-order chi connectivity index (χ1) is 11.4. The van der Waals surface area contributed by atoms with Crippen molar-refractivity contribution in [3.8, 4) is 0 Å². The molecule has 24 heavy (non-hydrogen) atoms. The first kappa shape index (κ1) is 17.8. The quantitative estimate of drug-likeness (QED) is 0.531. The topological polar surface area (TPSA) is 0 Å². The SMILES string of the molecule is CCCC1CCC(c2cc3ccc(CC)c(C(F)(F)F)c3s2)CC1. The Kier molecular flexibility index (Phi) is 5.24. The van der Waals surface area contributed by atoms with Crippen LogP contribution in [0.15, 0.2) is 18.2 Å². The van der Waals surface area contributed by atoms with Gasteiger partial charge < -0.3 is 0 Å². The number of aryl methyl sites for hydroxylation is 1. The van der Waals surface area contributed by atoms with Crippen molar-refractivity contribution < 1.29 is 13.2 Å². The molecule has 0 saturated heterocycles. The van der Waals surface area contributed by atoms with Crippen LogP contribution in [0.2, 0.25) is 0 Å².